The average Bonchev–Trinajstić information content (AvgIpc) is 2.30. The van der Waals surface area contributed by atoms with E-state index in [2.05, 4.69) is 11.3 Å². The maximum atomic E-state index is 13.4. The van der Waals surface area contributed by atoms with E-state index in [0.717, 1.165) is 6.07 Å². The van der Waals surface area contributed by atoms with Crippen molar-refractivity contribution in [3.63, 3.8) is 0 Å². The molecule has 5 nitrogen and oxygen atoms in total. The van der Waals surface area contributed by atoms with Crippen molar-refractivity contribution in [1.29, 1.82) is 0 Å². The quantitative estimate of drug-likeness (QED) is 0.785. The third-order valence-corrected chi connectivity index (χ3v) is 4.27. The molecular formula is C13H16FNO4S. The lowest BCUT2D eigenvalue weighted by Crippen LogP contribution is -2.41. The van der Waals surface area contributed by atoms with E-state index < -0.39 is 27.9 Å². The second-order valence-electron chi connectivity index (χ2n) is 4.54. The van der Waals surface area contributed by atoms with Gasteiger partial charge in [0, 0.05) is 5.56 Å². The largest absolute Gasteiger partial charge is 0.480 e. The molecule has 0 aliphatic carbocycles. The molecule has 7 heteroatoms. The smallest absolute Gasteiger partial charge is 0.322 e. The van der Waals surface area contributed by atoms with Gasteiger partial charge < -0.3 is 5.11 Å². The Kier molecular flexibility index (Phi) is 5.02. The Bertz CT molecular complexity index is 640. The van der Waals surface area contributed by atoms with Crippen LogP contribution >= 0.6 is 0 Å². The molecule has 1 atom stereocenters. The molecule has 0 saturated heterocycles. The normalized spacial score (nSPS) is 12.9. The molecule has 2 N–H and O–H groups in total. The molecule has 0 saturated carbocycles. The van der Waals surface area contributed by atoms with Gasteiger partial charge in [-0.25, -0.2) is 12.8 Å². The highest BCUT2D eigenvalue weighted by molar-refractivity contribution is 7.89. The lowest BCUT2D eigenvalue weighted by Gasteiger charge is -2.16. The van der Waals surface area contributed by atoms with E-state index in [1.54, 1.807) is 6.92 Å². The lowest BCUT2D eigenvalue weighted by atomic mass is 10.1. The van der Waals surface area contributed by atoms with E-state index in [-0.39, 0.29) is 16.9 Å². The Morgan fingerprint density at radius 1 is 1.50 bits per heavy atom. The van der Waals surface area contributed by atoms with Gasteiger partial charge in [-0.05, 0) is 32.4 Å². The summed E-state index contributed by atoms with van der Waals surface area (Å²) in [7, 11) is -4.12. The molecule has 1 unspecified atom stereocenters. The molecule has 110 valence electrons. The zero-order chi connectivity index (χ0) is 15.5. The van der Waals surface area contributed by atoms with E-state index in [9.17, 15) is 17.6 Å². The van der Waals surface area contributed by atoms with Crippen molar-refractivity contribution in [1.82, 2.24) is 4.72 Å². The predicted molar refractivity (Wildman–Crippen MR) is 72.3 cm³/mol. The van der Waals surface area contributed by atoms with Crippen molar-refractivity contribution in [2.45, 2.75) is 31.2 Å². The van der Waals surface area contributed by atoms with Crippen molar-refractivity contribution in [2.24, 2.45) is 0 Å². The van der Waals surface area contributed by atoms with Crippen LogP contribution < -0.4 is 4.72 Å². The van der Waals surface area contributed by atoms with Gasteiger partial charge >= 0.3 is 5.97 Å². The highest BCUT2D eigenvalue weighted by atomic mass is 32.2. The number of aliphatic carboxylic acids is 1. The summed E-state index contributed by atoms with van der Waals surface area (Å²) in [5, 5.41) is 9.01. The first kappa shape index (κ1) is 16.3. The fourth-order valence-electron chi connectivity index (χ4n) is 1.66. The van der Waals surface area contributed by atoms with Crippen LogP contribution in [0.3, 0.4) is 0 Å². The van der Waals surface area contributed by atoms with E-state index >= 15 is 0 Å². The summed E-state index contributed by atoms with van der Waals surface area (Å²) < 4.78 is 39.7. The Hall–Kier alpha value is -1.73. The van der Waals surface area contributed by atoms with E-state index in [0.29, 0.717) is 5.57 Å². The lowest BCUT2D eigenvalue weighted by molar-refractivity contribution is -0.138. The standard InChI is InChI=1S/C13H16FNO4S/c1-8(2)7-11(13(16)17)15-20(18,19)12-6-4-5-10(14)9(12)3/h4-6,11,15H,1,7H2,2-3H3,(H,16,17). The zero-order valence-corrected chi connectivity index (χ0v) is 12.0. The summed E-state index contributed by atoms with van der Waals surface area (Å²) in [6.07, 6.45) is -0.0388. The molecule has 20 heavy (non-hydrogen) atoms. The fourth-order valence-corrected chi connectivity index (χ4v) is 3.10. The van der Waals surface area contributed by atoms with Crippen molar-refractivity contribution >= 4 is 16.0 Å². The Morgan fingerprint density at radius 2 is 2.10 bits per heavy atom. The number of benzene rings is 1. The van der Waals surface area contributed by atoms with Crippen LogP contribution in [0.4, 0.5) is 4.39 Å². The van der Waals surface area contributed by atoms with E-state index in [1.165, 1.54) is 19.1 Å². The van der Waals surface area contributed by atoms with Crippen LogP contribution in [-0.2, 0) is 14.8 Å². The van der Waals surface area contributed by atoms with Crippen LogP contribution in [0.1, 0.15) is 18.9 Å². The number of carboxylic acids is 1. The Labute approximate surface area is 117 Å². The summed E-state index contributed by atoms with van der Waals surface area (Å²) in [4.78, 5) is 10.8. The van der Waals surface area contributed by atoms with Gasteiger partial charge in [0.2, 0.25) is 10.0 Å². The third kappa shape index (κ3) is 3.88. The highest BCUT2D eigenvalue weighted by Gasteiger charge is 2.27. The summed E-state index contributed by atoms with van der Waals surface area (Å²) in [6.45, 7) is 6.47. The first-order chi connectivity index (χ1) is 9.15. The number of sulfonamides is 1. The fraction of sp³-hybridized carbons (Fsp3) is 0.308. The number of carboxylic acid groups (broad SMARTS) is 1. The van der Waals surface area contributed by atoms with Gasteiger partial charge in [0.15, 0.2) is 0 Å². The number of halogens is 1. The van der Waals surface area contributed by atoms with Gasteiger partial charge in [-0.15, -0.1) is 6.58 Å². The second kappa shape index (κ2) is 6.15. The molecule has 0 aliphatic heterocycles. The number of hydrogen-bond donors (Lipinski definition) is 2. The summed E-state index contributed by atoms with van der Waals surface area (Å²) in [5.41, 5.74) is 0.468. The first-order valence-corrected chi connectivity index (χ1v) is 7.28. The minimum absolute atomic E-state index is 0.0388. The molecule has 0 spiro atoms. The average molecular weight is 301 g/mol. The molecular weight excluding hydrogens is 285 g/mol. The Balaban J connectivity index is 3.13. The molecule has 1 rings (SSSR count). The van der Waals surface area contributed by atoms with Gasteiger partial charge in [-0.3, -0.25) is 4.79 Å². The SMILES string of the molecule is C=C(C)CC(NS(=O)(=O)c1cccc(F)c1C)C(=O)O. The zero-order valence-electron chi connectivity index (χ0n) is 11.2. The van der Waals surface area contributed by atoms with Crippen LogP contribution in [0, 0.1) is 12.7 Å². The second-order valence-corrected chi connectivity index (χ2v) is 6.22. The topological polar surface area (TPSA) is 83.5 Å². The van der Waals surface area contributed by atoms with Crippen LogP contribution in [-0.4, -0.2) is 25.5 Å². The molecule has 1 aromatic carbocycles. The van der Waals surface area contributed by atoms with Crippen molar-refractivity contribution in [3.05, 3.63) is 41.7 Å². The van der Waals surface area contributed by atoms with Gasteiger partial charge in [-0.2, -0.15) is 4.72 Å². The molecule has 0 aromatic heterocycles. The van der Waals surface area contributed by atoms with E-state index in [1.807, 2.05) is 0 Å². The van der Waals surface area contributed by atoms with Crippen LogP contribution in [0.5, 0.6) is 0 Å². The number of hydrogen-bond acceptors (Lipinski definition) is 3. The molecule has 0 heterocycles. The van der Waals surface area contributed by atoms with E-state index in [4.69, 9.17) is 5.11 Å². The summed E-state index contributed by atoms with van der Waals surface area (Å²) >= 11 is 0. The molecule has 0 fully saturated rings. The third-order valence-electron chi connectivity index (χ3n) is 2.66. The van der Waals surface area contributed by atoms with Crippen LogP contribution in [0.15, 0.2) is 35.2 Å². The minimum Gasteiger partial charge on any atom is -0.480 e. The van der Waals surface area contributed by atoms with Gasteiger partial charge in [0.25, 0.3) is 0 Å². The number of nitrogens with one attached hydrogen (secondary N) is 1. The Morgan fingerprint density at radius 3 is 2.60 bits per heavy atom. The number of carbonyl (C=O) groups is 1. The predicted octanol–water partition coefficient (Wildman–Crippen LogP) is 1.83. The first-order valence-electron chi connectivity index (χ1n) is 5.80. The van der Waals surface area contributed by atoms with Crippen molar-refractivity contribution < 1.29 is 22.7 Å². The van der Waals surface area contributed by atoms with Crippen molar-refractivity contribution in [2.75, 3.05) is 0 Å². The minimum atomic E-state index is -4.12. The van der Waals surface area contributed by atoms with Crippen LogP contribution in [0.2, 0.25) is 0 Å². The van der Waals surface area contributed by atoms with Gasteiger partial charge in [-0.1, -0.05) is 11.6 Å². The number of rotatable bonds is 6. The summed E-state index contributed by atoms with van der Waals surface area (Å²) in [6, 6.07) is 2.28. The molecule has 0 aliphatic rings. The molecule has 0 radical (unpaired) electrons. The highest BCUT2D eigenvalue weighted by Crippen LogP contribution is 2.18. The van der Waals surface area contributed by atoms with Crippen molar-refractivity contribution in [3.8, 4) is 0 Å². The van der Waals surface area contributed by atoms with Gasteiger partial charge in [0.05, 0.1) is 4.90 Å². The monoisotopic (exact) mass is 301 g/mol. The maximum absolute atomic E-state index is 13.4. The molecule has 1 aromatic rings. The molecule has 0 bridgehead atoms. The molecule has 0 amide bonds. The van der Waals surface area contributed by atoms with Crippen LogP contribution in [0.25, 0.3) is 0 Å². The maximum Gasteiger partial charge on any atom is 0.322 e. The van der Waals surface area contributed by atoms with Gasteiger partial charge in [0.1, 0.15) is 11.9 Å². The summed E-state index contributed by atoms with van der Waals surface area (Å²) in [5.74, 6) is -1.98.